The third-order valence-electron chi connectivity index (χ3n) is 7.69. The number of rotatable bonds is 9. The third kappa shape index (κ3) is 4.95. The van der Waals surface area contributed by atoms with Gasteiger partial charge in [-0.1, -0.05) is 32.6 Å². The number of benzene rings is 1. The second kappa shape index (κ2) is 10.6. The van der Waals surface area contributed by atoms with Gasteiger partial charge in [-0.05, 0) is 74.4 Å². The first-order valence-corrected chi connectivity index (χ1v) is 12.8. The van der Waals surface area contributed by atoms with Crippen LogP contribution in [0.3, 0.4) is 0 Å². The Labute approximate surface area is 206 Å². The molecule has 3 aromatic rings. The Balaban J connectivity index is 1.67. The number of unbranched alkanes of at least 4 members (excludes halogenated alkanes) is 4. The quantitative estimate of drug-likeness (QED) is 0.415. The molecule has 7 nitrogen and oxygen atoms in total. The lowest BCUT2D eigenvalue weighted by Crippen LogP contribution is -2.27. The van der Waals surface area contributed by atoms with Crippen molar-refractivity contribution in [3.05, 3.63) is 50.6 Å². The molecule has 1 aliphatic heterocycles. The summed E-state index contributed by atoms with van der Waals surface area (Å²) < 4.78 is 13.1. The maximum Gasteiger partial charge on any atom is 0.353 e. The zero-order valence-electron chi connectivity index (χ0n) is 21.6. The van der Waals surface area contributed by atoms with Crippen LogP contribution in [0.5, 0.6) is 0 Å². The lowest BCUT2D eigenvalue weighted by Gasteiger charge is -2.19. The number of aliphatic hydroxyl groups is 2. The summed E-state index contributed by atoms with van der Waals surface area (Å²) in [6, 6.07) is 1.92. The number of nitrogens with zero attached hydrogens (tertiary/aromatic N) is 2. The van der Waals surface area contributed by atoms with E-state index in [9.17, 15) is 15.0 Å². The minimum atomic E-state index is -0.825. The lowest BCUT2D eigenvalue weighted by atomic mass is 9.86. The molecule has 0 bridgehead atoms. The third-order valence-corrected chi connectivity index (χ3v) is 7.69. The molecule has 1 aliphatic rings. The summed E-state index contributed by atoms with van der Waals surface area (Å²) in [7, 11) is 0. The molecular weight excluding hydrogens is 444 g/mol. The van der Waals surface area contributed by atoms with Crippen molar-refractivity contribution in [3.63, 3.8) is 0 Å². The van der Waals surface area contributed by atoms with Gasteiger partial charge in [0.1, 0.15) is 18.1 Å². The van der Waals surface area contributed by atoms with Gasteiger partial charge in [0, 0.05) is 18.2 Å². The summed E-state index contributed by atoms with van der Waals surface area (Å²) in [6.07, 6.45) is 7.10. The number of fused-ring (bicyclic) bond motifs is 1. The van der Waals surface area contributed by atoms with Gasteiger partial charge in [-0.2, -0.15) is 4.98 Å². The van der Waals surface area contributed by atoms with Gasteiger partial charge in [0.25, 0.3) is 0 Å². The molecule has 3 atom stereocenters. The minimum Gasteiger partial charge on any atom is -0.437 e. The van der Waals surface area contributed by atoms with Crippen molar-refractivity contribution in [1.82, 2.24) is 9.55 Å². The highest BCUT2D eigenvalue weighted by Gasteiger charge is 2.35. The molecule has 0 saturated carbocycles. The van der Waals surface area contributed by atoms with E-state index in [1.165, 1.54) is 64.5 Å². The zero-order valence-corrected chi connectivity index (χ0v) is 21.6. The average Bonchev–Trinajstić information content (AvgIpc) is 3.41. The molecule has 3 heterocycles. The van der Waals surface area contributed by atoms with Crippen LogP contribution in [0.1, 0.15) is 79.5 Å². The standard InChI is InChI=1S/C28H38N2O5/c1-6-7-8-9-10-11-21-16(2)18(4)26(19(5)17(21)3)23-12-20-14-30(28(33)29-27(20)35-23)25-13-22(32)24(15-31)34-25/h12,14,22,24-25,31-32H,6-11,13,15H2,1-5H3/t22-,24?,25?/m1/s1. The fourth-order valence-corrected chi connectivity index (χ4v) is 5.34. The topological polar surface area (TPSA) is 97.7 Å². The van der Waals surface area contributed by atoms with E-state index in [0.29, 0.717) is 11.1 Å². The Hall–Kier alpha value is -2.48. The molecule has 2 unspecified atom stereocenters. The van der Waals surface area contributed by atoms with Crippen LogP contribution < -0.4 is 5.69 Å². The number of aromatic nitrogens is 2. The predicted octanol–water partition coefficient (Wildman–Crippen LogP) is 5.04. The number of ether oxygens (including phenoxy) is 1. The fourth-order valence-electron chi connectivity index (χ4n) is 5.34. The molecule has 1 fully saturated rings. The molecule has 2 N–H and O–H groups in total. The monoisotopic (exact) mass is 482 g/mol. The molecule has 0 spiro atoms. The van der Waals surface area contributed by atoms with Crippen LogP contribution in [-0.2, 0) is 11.2 Å². The molecule has 0 radical (unpaired) electrons. The van der Waals surface area contributed by atoms with Crippen molar-refractivity contribution in [1.29, 1.82) is 0 Å². The molecule has 7 heteroatoms. The molecule has 1 saturated heterocycles. The van der Waals surface area contributed by atoms with Crippen LogP contribution in [0.4, 0.5) is 0 Å². The minimum absolute atomic E-state index is 0.222. The van der Waals surface area contributed by atoms with E-state index in [0.717, 1.165) is 12.0 Å². The fraction of sp³-hybridized carbons (Fsp3) is 0.571. The van der Waals surface area contributed by atoms with E-state index >= 15 is 0 Å². The maximum atomic E-state index is 12.7. The lowest BCUT2D eigenvalue weighted by molar-refractivity contribution is -0.0457. The number of hydrogen-bond acceptors (Lipinski definition) is 6. The smallest absolute Gasteiger partial charge is 0.353 e. The molecular formula is C28H38N2O5. The average molecular weight is 483 g/mol. The van der Waals surface area contributed by atoms with Crippen LogP contribution in [-0.4, -0.2) is 38.6 Å². The second-order valence-electron chi connectivity index (χ2n) is 9.93. The second-order valence-corrected chi connectivity index (χ2v) is 9.93. The zero-order chi connectivity index (χ0) is 25.3. The first-order valence-electron chi connectivity index (χ1n) is 12.8. The molecule has 2 aromatic heterocycles. The Morgan fingerprint density at radius 2 is 1.74 bits per heavy atom. The molecule has 35 heavy (non-hydrogen) atoms. The van der Waals surface area contributed by atoms with Crippen molar-refractivity contribution in [3.8, 4) is 11.3 Å². The molecule has 1 aromatic carbocycles. The van der Waals surface area contributed by atoms with E-state index in [4.69, 9.17) is 9.15 Å². The largest absolute Gasteiger partial charge is 0.437 e. The van der Waals surface area contributed by atoms with Crippen molar-refractivity contribution >= 4 is 11.1 Å². The molecule has 0 aliphatic carbocycles. The Bertz CT molecular complexity index is 1230. The Kier molecular flexibility index (Phi) is 7.79. The summed E-state index contributed by atoms with van der Waals surface area (Å²) in [5.41, 5.74) is 7.26. The summed E-state index contributed by atoms with van der Waals surface area (Å²) in [5, 5.41) is 20.1. The summed E-state index contributed by atoms with van der Waals surface area (Å²) in [6.45, 7) is 10.6. The van der Waals surface area contributed by atoms with Crippen LogP contribution in [0.2, 0.25) is 0 Å². The van der Waals surface area contributed by atoms with Crippen LogP contribution in [0.25, 0.3) is 22.4 Å². The molecule has 190 valence electrons. The molecule has 4 rings (SSSR count). The Morgan fingerprint density at radius 1 is 1.06 bits per heavy atom. The highest BCUT2D eigenvalue weighted by molar-refractivity contribution is 5.82. The van der Waals surface area contributed by atoms with Crippen molar-refractivity contribution in [2.45, 2.75) is 98.0 Å². The van der Waals surface area contributed by atoms with E-state index in [1.54, 1.807) is 6.20 Å². The number of hydrogen-bond donors (Lipinski definition) is 2. The predicted molar refractivity (Wildman–Crippen MR) is 137 cm³/mol. The van der Waals surface area contributed by atoms with Gasteiger partial charge in [-0.3, -0.25) is 4.57 Å². The van der Waals surface area contributed by atoms with E-state index in [-0.39, 0.29) is 18.7 Å². The summed E-state index contributed by atoms with van der Waals surface area (Å²) in [4.78, 5) is 16.8. The van der Waals surface area contributed by atoms with Crippen molar-refractivity contribution in [2.24, 2.45) is 0 Å². The van der Waals surface area contributed by atoms with Gasteiger partial charge < -0.3 is 19.4 Å². The summed E-state index contributed by atoms with van der Waals surface area (Å²) in [5.74, 6) is 0.695. The van der Waals surface area contributed by atoms with Gasteiger partial charge in [0.2, 0.25) is 5.71 Å². The van der Waals surface area contributed by atoms with E-state index in [2.05, 4.69) is 39.6 Å². The van der Waals surface area contributed by atoms with Gasteiger partial charge in [-0.25, -0.2) is 4.79 Å². The van der Waals surface area contributed by atoms with Crippen molar-refractivity contribution < 1.29 is 19.4 Å². The van der Waals surface area contributed by atoms with Gasteiger partial charge in [0.15, 0.2) is 0 Å². The van der Waals surface area contributed by atoms with Gasteiger partial charge in [-0.15, -0.1) is 0 Å². The van der Waals surface area contributed by atoms with Crippen LogP contribution in [0, 0.1) is 27.7 Å². The maximum absolute atomic E-state index is 12.7. The highest BCUT2D eigenvalue weighted by atomic mass is 16.5. The van der Waals surface area contributed by atoms with Crippen molar-refractivity contribution in [2.75, 3.05) is 6.61 Å². The molecule has 0 amide bonds. The highest BCUT2D eigenvalue weighted by Crippen LogP contribution is 2.37. The normalized spacial score (nSPS) is 20.3. The number of aliphatic hydroxyl groups excluding tert-OH is 2. The first kappa shape index (κ1) is 25.6. The number of furan rings is 1. The van der Waals surface area contributed by atoms with Gasteiger partial charge >= 0.3 is 5.69 Å². The Morgan fingerprint density at radius 3 is 2.37 bits per heavy atom. The van der Waals surface area contributed by atoms with Crippen LogP contribution >= 0.6 is 0 Å². The van der Waals surface area contributed by atoms with E-state index < -0.39 is 24.1 Å². The van der Waals surface area contributed by atoms with Gasteiger partial charge in [0.05, 0.1) is 18.1 Å². The first-order chi connectivity index (χ1) is 16.8. The SMILES string of the molecule is CCCCCCCc1c(C)c(C)c(-c2cc3cn(C4C[C@@H](O)C(CO)O4)c(=O)nc3o2)c(C)c1C. The van der Waals surface area contributed by atoms with E-state index in [1.807, 2.05) is 6.07 Å². The summed E-state index contributed by atoms with van der Waals surface area (Å²) >= 11 is 0. The van der Waals surface area contributed by atoms with Crippen LogP contribution in [0.15, 0.2) is 21.5 Å².